The number of carboxylic acid groups (broad SMARTS) is 1. The van der Waals surface area contributed by atoms with Gasteiger partial charge >= 0.3 is 5.97 Å². The van der Waals surface area contributed by atoms with Gasteiger partial charge < -0.3 is 20.1 Å². The summed E-state index contributed by atoms with van der Waals surface area (Å²) >= 11 is 1.39. The predicted molar refractivity (Wildman–Crippen MR) is 92.2 cm³/mol. The molecular weight excluding hydrogens is 344 g/mol. The van der Waals surface area contributed by atoms with Crippen LogP contribution in [0.3, 0.4) is 0 Å². The third-order valence-electron chi connectivity index (χ3n) is 4.40. The maximum absolute atomic E-state index is 12.4. The number of rotatable bonds is 5. The molecule has 0 aromatic heterocycles. The molecule has 2 heterocycles. The summed E-state index contributed by atoms with van der Waals surface area (Å²) < 4.78 is 4.94. The van der Waals surface area contributed by atoms with Crippen LogP contribution in [0.25, 0.3) is 0 Å². The van der Waals surface area contributed by atoms with Crippen molar-refractivity contribution in [1.29, 1.82) is 0 Å². The van der Waals surface area contributed by atoms with Crippen LogP contribution in [0.15, 0.2) is 30.3 Å². The number of fused-ring (bicyclic) bond motifs is 1. The van der Waals surface area contributed by atoms with Crippen molar-refractivity contribution in [1.82, 2.24) is 10.2 Å². The second-order valence-electron chi connectivity index (χ2n) is 6.66. The van der Waals surface area contributed by atoms with E-state index in [0.717, 1.165) is 0 Å². The quantitative estimate of drug-likeness (QED) is 0.759. The average Bonchev–Trinajstić information content (AvgIpc) is 2.81. The highest BCUT2D eigenvalue weighted by atomic mass is 32.2. The number of hydrogen-bond acceptors (Lipinski definition) is 5. The zero-order valence-electron chi connectivity index (χ0n) is 14.1. The van der Waals surface area contributed by atoms with Gasteiger partial charge in [-0.05, 0) is 32.9 Å². The van der Waals surface area contributed by atoms with Gasteiger partial charge in [-0.15, -0.1) is 11.8 Å². The molecule has 0 aliphatic carbocycles. The molecule has 2 aliphatic heterocycles. The molecule has 2 N–H and O–H groups in total. The number of para-hydroxylation sites is 1. The summed E-state index contributed by atoms with van der Waals surface area (Å²) in [4.78, 5) is 37.5. The number of amides is 2. The highest BCUT2D eigenvalue weighted by Crippen LogP contribution is 2.50. The molecule has 2 saturated heterocycles. The molecule has 3 rings (SSSR count). The topological polar surface area (TPSA) is 95.9 Å². The molecule has 0 unspecified atom stereocenters. The van der Waals surface area contributed by atoms with Crippen LogP contribution < -0.4 is 10.1 Å². The number of carbonyl (C=O) groups excluding carboxylic acids is 2. The van der Waals surface area contributed by atoms with Gasteiger partial charge in [0.25, 0.3) is 5.91 Å². The first-order chi connectivity index (χ1) is 11.7. The van der Waals surface area contributed by atoms with Crippen molar-refractivity contribution >= 4 is 29.5 Å². The smallest absolute Gasteiger partial charge is 0.327 e. The van der Waals surface area contributed by atoms with Gasteiger partial charge in [-0.2, -0.15) is 0 Å². The van der Waals surface area contributed by atoms with Crippen LogP contribution in [0.1, 0.15) is 20.8 Å². The molecule has 0 spiro atoms. The molecule has 2 amide bonds. The fourth-order valence-electron chi connectivity index (χ4n) is 3.17. The van der Waals surface area contributed by atoms with Gasteiger partial charge in [0.15, 0.2) is 6.10 Å². The van der Waals surface area contributed by atoms with Gasteiger partial charge in [-0.1, -0.05) is 18.2 Å². The maximum Gasteiger partial charge on any atom is 0.327 e. The van der Waals surface area contributed by atoms with Gasteiger partial charge in [-0.25, -0.2) is 4.79 Å². The largest absolute Gasteiger partial charge is 0.481 e. The minimum atomic E-state index is -1.03. The summed E-state index contributed by atoms with van der Waals surface area (Å²) in [6.45, 7) is 5.19. The lowest BCUT2D eigenvalue weighted by molar-refractivity contribution is -0.161. The Balaban J connectivity index is 1.64. The summed E-state index contributed by atoms with van der Waals surface area (Å²) in [5.41, 5.74) is 0. The Labute approximate surface area is 149 Å². The number of β-lactam (4-membered cyclic amide) rings is 1. The van der Waals surface area contributed by atoms with Crippen LogP contribution in [0.2, 0.25) is 0 Å². The number of nitrogens with zero attached hydrogens (tertiary/aromatic N) is 1. The molecule has 1 aromatic rings. The highest BCUT2D eigenvalue weighted by molar-refractivity contribution is 8.01. The van der Waals surface area contributed by atoms with Crippen LogP contribution in [0.4, 0.5) is 0 Å². The van der Waals surface area contributed by atoms with Crippen LogP contribution in [-0.4, -0.2) is 56.1 Å². The number of hydrogen-bond donors (Lipinski definition) is 2. The number of carbonyl (C=O) groups is 3. The number of ether oxygens (including phenoxy) is 1. The summed E-state index contributed by atoms with van der Waals surface area (Å²) in [6, 6.07) is 7.33. The molecule has 8 heteroatoms. The van der Waals surface area contributed by atoms with E-state index in [9.17, 15) is 19.5 Å². The average molecular weight is 364 g/mol. The Bertz CT molecular complexity index is 708. The van der Waals surface area contributed by atoms with E-state index in [2.05, 4.69) is 5.32 Å². The molecule has 25 heavy (non-hydrogen) atoms. The number of thioether (sulfide) groups is 1. The Kier molecular flexibility index (Phi) is 4.40. The van der Waals surface area contributed by atoms with E-state index in [1.165, 1.54) is 16.7 Å². The second-order valence-corrected chi connectivity index (χ2v) is 8.43. The summed E-state index contributed by atoms with van der Waals surface area (Å²) in [7, 11) is 0. The summed E-state index contributed by atoms with van der Waals surface area (Å²) in [5.74, 6) is -1.23. The molecule has 134 valence electrons. The Hall–Kier alpha value is -2.22. The zero-order valence-corrected chi connectivity index (χ0v) is 14.9. The number of carboxylic acids is 1. The summed E-state index contributed by atoms with van der Waals surface area (Å²) in [5, 5.41) is 11.7. The Morgan fingerprint density at radius 3 is 2.56 bits per heavy atom. The number of nitrogens with one attached hydrogen (secondary N) is 1. The number of benzene rings is 1. The van der Waals surface area contributed by atoms with Gasteiger partial charge in [-0.3, -0.25) is 9.59 Å². The normalized spacial score (nSPS) is 27.9. The lowest BCUT2D eigenvalue weighted by Gasteiger charge is -2.43. The Morgan fingerprint density at radius 1 is 1.32 bits per heavy atom. The molecule has 2 aliphatic rings. The third kappa shape index (κ3) is 3.06. The van der Waals surface area contributed by atoms with E-state index in [1.54, 1.807) is 45.0 Å². The fraction of sp³-hybridized carbons (Fsp3) is 0.471. The monoisotopic (exact) mass is 364 g/mol. The van der Waals surface area contributed by atoms with Gasteiger partial charge in [0.2, 0.25) is 5.91 Å². The molecule has 1 aromatic carbocycles. The fourth-order valence-corrected chi connectivity index (χ4v) is 4.80. The highest BCUT2D eigenvalue weighted by Gasteiger charge is 2.64. The minimum Gasteiger partial charge on any atom is -0.481 e. The first-order valence-electron chi connectivity index (χ1n) is 7.97. The Morgan fingerprint density at radius 2 is 1.96 bits per heavy atom. The van der Waals surface area contributed by atoms with Crippen molar-refractivity contribution in [3.8, 4) is 5.75 Å². The molecule has 0 bridgehead atoms. The van der Waals surface area contributed by atoms with Crippen molar-refractivity contribution in [2.45, 2.75) is 49.1 Å². The summed E-state index contributed by atoms with van der Waals surface area (Å²) in [6.07, 6.45) is -0.765. The van der Waals surface area contributed by atoms with Crippen LogP contribution in [0, 0.1) is 0 Å². The van der Waals surface area contributed by atoms with Crippen molar-refractivity contribution < 1.29 is 24.2 Å². The molecule has 4 atom stereocenters. The van der Waals surface area contributed by atoms with Crippen molar-refractivity contribution in [2.24, 2.45) is 0 Å². The van der Waals surface area contributed by atoms with Crippen LogP contribution in [0.5, 0.6) is 5.75 Å². The van der Waals surface area contributed by atoms with Gasteiger partial charge in [0.1, 0.15) is 23.2 Å². The first-order valence-corrected chi connectivity index (χ1v) is 8.85. The van der Waals surface area contributed by atoms with Crippen molar-refractivity contribution in [3.63, 3.8) is 0 Å². The number of aliphatic carboxylic acids is 1. The minimum absolute atomic E-state index is 0.364. The molecule has 0 saturated carbocycles. The van der Waals surface area contributed by atoms with Gasteiger partial charge in [0.05, 0.1) is 0 Å². The molecule has 0 radical (unpaired) electrons. The molecule has 7 nitrogen and oxygen atoms in total. The van der Waals surface area contributed by atoms with Crippen molar-refractivity contribution in [2.75, 3.05) is 0 Å². The van der Waals surface area contributed by atoms with E-state index in [4.69, 9.17) is 4.74 Å². The lowest BCUT2D eigenvalue weighted by Crippen LogP contribution is -2.71. The maximum atomic E-state index is 12.4. The lowest BCUT2D eigenvalue weighted by atomic mass is 9.96. The third-order valence-corrected chi connectivity index (χ3v) is 5.97. The van der Waals surface area contributed by atoms with Gasteiger partial charge in [0, 0.05) is 4.75 Å². The SMILES string of the molecule is C[C@@H](Oc1ccccc1)C(=O)N[C@H]1C(=O)N2[C@@H](C(=O)O)C(C)(C)S[C@@H]12. The standard InChI is InChI=1S/C17H20N2O5S/c1-9(24-10-7-5-4-6-8-10)13(20)18-11-14(21)19-12(16(22)23)17(2,3)25-15(11)19/h4-9,11-12,15H,1-3H3,(H,18,20)(H,22,23)/t9-,11+,12+,15+/m1/s1. The van der Waals surface area contributed by atoms with Crippen LogP contribution in [-0.2, 0) is 14.4 Å². The van der Waals surface area contributed by atoms with E-state index >= 15 is 0 Å². The van der Waals surface area contributed by atoms with E-state index in [-0.39, 0.29) is 11.3 Å². The van der Waals surface area contributed by atoms with Crippen molar-refractivity contribution in [3.05, 3.63) is 30.3 Å². The zero-order chi connectivity index (χ0) is 18.4. The predicted octanol–water partition coefficient (Wildman–Crippen LogP) is 1.09. The molecular formula is C17H20N2O5S. The second kappa shape index (κ2) is 6.25. The first kappa shape index (κ1) is 17.6. The molecule has 2 fully saturated rings. The van der Waals surface area contributed by atoms with E-state index in [1.807, 2.05) is 6.07 Å². The van der Waals surface area contributed by atoms with E-state index < -0.39 is 34.8 Å². The van der Waals surface area contributed by atoms with Crippen LogP contribution >= 0.6 is 11.8 Å². The van der Waals surface area contributed by atoms with E-state index in [0.29, 0.717) is 5.75 Å².